The van der Waals surface area contributed by atoms with Gasteiger partial charge in [-0.2, -0.15) is 14.5 Å². The highest BCUT2D eigenvalue weighted by Crippen LogP contribution is 2.23. The molecule has 2 heterocycles. The average Bonchev–Trinajstić information content (AvgIpc) is 2.97. The Balaban J connectivity index is 1.90. The van der Waals surface area contributed by atoms with Gasteiger partial charge in [-0.15, -0.1) is 0 Å². The summed E-state index contributed by atoms with van der Waals surface area (Å²) in [6.45, 7) is 1.69. The molecule has 0 fully saturated rings. The maximum atomic E-state index is 13.4. The van der Waals surface area contributed by atoms with Crippen molar-refractivity contribution in [2.75, 3.05) is 5.32 Å². The van der Waals surface area contributed by atoms with E-state index in [2.05, 4.69) is 20.4 Å². The lowest BCUT2D eigenvalue weighted by molar-refractivity contribution is -0.387. The van der Waals surface area contributed by atoms with Crippen molar-refractivity contribution < 1.29 is 14.1 Å². The molecule has 0 saturated carbocycles. The Labute approximate surface area is 140 Å². The van der Waals surface area contributed by atoms with Crippen LogP contribution in [0.15, 0.2) is 36.7 Å². The van der Waals surface area contributed by atoms with Gasteiger partial charge in [-0.1, -0.05) is 0 Å². The Kier molecular flexibility index (Phi) is 4.16. The number of nitrogens with one attached hydrogen (secondary N) is 1. The molecule has 0 spiro atoms. The Hall–Kier alpha value is -3.69. The Morgan fingerprint density at radius 3 is 2.84 bits per heavy atom. The zero-order chi connectivity index (χ0) is 18.0. The highest BCUT2D eigenvalue weighted by Gasteiger charge is 2.15. The van der Waals surface area contributed by atoms with Gasteiger partial charge in [-0.25, -0.2) is 9.67 Å². The van der Waals surface area contributed by atoms with Gasteiger partial charge < -0.3 is 5.32 Å². The van der Waals surface area contributed by atoms with E-state index in [0.717, 1.165) is 12.1 Å². The molecule has 1 aromatic carbocycles. The number of nitro groups is 1. The Morgan fingerprint density at radius 1 is 1.36 bits per heavy atom. The summed E-state index contributed by atoms with van der Waals surface area (Å²) in [6, 6.07) is 4.95. The van der Waals surface area contributed by atoms with Crippen LogP contribution < -0.4 is 5.32 Å². The van der Waals surface area contributed by atoms with Crippen molar-refractivity contribution in [3.63, 3.8) is 0 Å². The highest BCUT2D eigenvalue weighted by molar-refractivity contribution is 5.76. The fourth-order valence-corrected chi connectivity index (χ4v) is 2.10. The summed E-state index contributed by atoms with van der Waals surface area (Å²) in [7, 11) is 0. The van der Waals surface area contributed by atoms with Gasteiger partial charge >= 0.3 is 5.69 Å². The van der Waals surface area contributed by atoms with Crippen molar-refractivity contribution in [3.05, 3.63) is 63.8 Å². The molecule has 0 aliphatic heterocycles. The number of rotatable bonds is 5. The summed E-state index contributed by atoms with van der Waals surface area (Å²) >= 11 is 0. The molecule has 0 aliphatic rings. The van der Waals surface area contributed by atoms with Crippen molar-refractivity contribution in [3.8, 4) is 5.82 Å². The molecule has 0 atom stereocenters. The lowest BCUT2D eigenvalue weighted by Gasteiger charge is -2.06. The molecule has 0 radical (unpaired) electrons. The molecule has 9 nitrogen and oxygen atoms in total. The summed E-state index contributed by atoms with van der Waals surface area (Å²) in [4.78, 5) is 29.1. The van der Waals surface area contributed by atoms with E-state index >= 15 is 0 Å². The van der Waals surface area contributed by atoms with Crippen LogP contribution in [0.3, 0.4) is 0 Å². The van der Waals surface area contributed by atoms with Gasteiger partial charge in [0.1, 0.15) is 0 Å². The predicted molar refractivity (Wildman–Crippen MR) is 85.6 cm³/mol. The van der Waals surface area contributed by atoms with E-state index < -0.39 is 16.4 Å². The molecule has 0 bridgehead atoms. The summed E-state index contributed by atoms with van der Waals surface area (Å²) in [6.07, 6.45) is 3.67. The molecule has 0 saturated heterocycles. The molecule has 3 aromatic rings. The van der Waals surface area contributed by atoms with E-state index in [0.29, 0.717) is 23.4 Å². The molecule has 126 valence electrons. The molecular formula is C15H11FN6O3. The van der Waals surface area contributed by atoms with Crippen molar-refractivity contribution in [1.29, 1.82) is 0 Å². The molecule has 0 amide bonds. The van der Waals surface area contributed by atoms with Crippen LogP contribution in [0.1, 0.15) is 16.1 Å². The first-order valence-corrected chi connectivity index (χ1v) is 7.04. The number of aryl methyl sites for hydroxylation is 1. The van der Waals surface area contributed by atoms with Gasteiger partial charge in [0.2, 0.25) is 11.8 Å². The molecule has 3 rings (SSSR count). The van der Waals surface area contributed by atoms with Gasteiger partial charge in [0.25, 0.3) is 0 Å². The second-order valence-electron chi connectivity index (χ2n) is 5.02. The summed E-state index contributed by atoms with van der Waals surface area (Å²) < 4.78 is 14.8. The smallest absolute Gasteiger partial charge is 0.306 e. The SMILES string of the molecule is Cc1nn(-c2ccnc(Nc3ccc(F)c([N+](=O)[O-])c3)n2)cc1C=O. The van der Waals surface area contributed by atoms with Crippen LogP contribution in [-0.2, 0) is 0 Å². The fraction of sp³-hybridized carbons (Fsp3) is 0.0667. The fourth-order valence-electron chi connectivity index (χ4n) is 2.10. The second-order valence-corrected chi connectivity index (χ2v) is 5.02. The third-order valence-electron chi connectivity index (χ3n) is 3.34. The van der Waals surface area contributed by atoms with Gasteiger partial charge in [0, 0.05) is 30.2 Å². The summed E-state index contributed by atoms with van der Waals surface area (Å²) in [5.41, 5.74) is 0.592. The number of hydrogen-bond donors (Lipinski definition) is 1. The van der Waals surface area contributed by atoms with Crippen molar-refractivity contribution >= 4 is 23.6 Å². The number of halogens is 1. The number of anilines is 2. The molecule has 0 aliphatic carbocycles. The zero-order valence-corrected chi connectivity index (χ0v) is 12.9. The number of carbonyl (C=O) groups is 1. The maximum absolute atomic E-state index is 13.4. The quantitative estimate of drug-likeness (QED) is 0.430. The standard InChI is InChI=1S/C15H11FN6O3/c1-9-10(8-23)7-21(20-9)14-4-5-17-15(19-14)18-11-2-3-12(16)13(6-11)22(24)25/h2-8H,1H3,(H,17,18,19). The lowest BCUT2D eigenvalue weighted by atomic mass is 10.2. The predicted octanol–water partition coefficient (Wildman–Crippen LogP) is 2.57. The number of carbonyl (C=O) groups excluding carboxylic acids is 1. The normalized spacial score (nSPS) is 10.5. The van der Waals surface area contributed by atoms with Crippen molar-refractivity contribution in [1.82, 2.24) is 19.7 Å². The van der Waals surface area contributed by atoms with Crippen molar-refractivity contribution in [2.45, 2.75) is 6.92 Å². The maximum Gasteiger partial charge on any atom is 0.306 e. The number of nitro benzene ring substituents is 1. The lowest BCUT2D eigenvalue weighted by Crippen LogP contribution is -2.04. The van der Waals surface area contributed by atoms with E-state index in [9.17, 15) is 19.3 Å². The third-order valence-corrected chi connectivity index (χ3v) is 3.34. The van der Waals surface area contributed by atoms with E-state index in [1.807, 2.05) is 0 Å². The van der Waals surface area contributed by atoms with E-state index in [1.165, 1.54) is 23.1 Å². The van der Waals surface area contributed by atoms with Crippen LogP contribution in [-0.4, -0.2) is 31.0 Å². The van der Waals surface area contributed by atoms with Crippen LogP contribution in [0, 0.1) is 22.9 Å². The largest absolute Gasteiger partial charge is 0.324 e. The van der Waals surface area contributed by atoms with Crippen LogP contribution in [0.5, 0.6) is 0 Å². The third kappa shape index (κ3) is 3.32. The first kappa shape index (κ1) is 16.2. The van der Waals surface area contributed by atoms with Gasteiger partial charge in [0.15, 0.2) is 12.1 Å². The molecule has 10 heteroatoms. The molecule has 2 aromatic heterocycles. The van der Waals surface area contributed by atoms with Gasteiger partial charge in [0.05, 0.1) is 16.2 Å². The Morgan fingerprint density at radius 2 is 2.16 bits per heavy atom. The van der Waals surface area contributed by atoms with Crippen LogP contribution in [0.4, 0.5) is 21.7 Å². The first-order valence-electron chi connectivity index (χ1n) is 7.04. The summed E-state index contributed by atoms with van der Waals surface area (Å²) in [5.74, 6) is -0.400. The minimum absolute atomic E-state index is 0.138. The molecule has 0 unspecified atom stereocenters. The van der Waals surface area contributed by atoms with Crippen LogP contribution in [0.25, 0.3) is 5.82 Å². The Bertz CT molecular complexity index is 972. The number of nitrogens with zero attached hydrogens (tertiary/aromatic N) is 5. The van der Waals surface area contributed by atoms with Crippen LogP contribution in [0.2, 0.25) is 0 Å². The monoisotopic (exact) mass is 342 g/mol. The molecule has 25 heavy (non-hydrogen) atoms. The number of aromatic nitrogens is 4. The first-order chi connectivity index (χ1) is 12.0. The number of hydrogen-bond acceptors (Lipinski definition) is 7. The molecular weight excluding hydrogens is 331 g/mol. The number of aldehydes is 1. The van der Waals surface area contributed by atoms with E-state index in [4.69, 9.17) is 0 Å². The molecule has 1 N–H and O–H groups in total. The average molecular weight is 342 g/mol. The topological polar surface area (TPSA) is 116 Å². The van der Waals surface area contributed by atoms with Crippen LogP contribution >= 0.6 is 0 Å². The minimum Gasteiger partial charge on any atom is -0.324 e. The summed E-state index contributed by atoms with van der Waals surface area (Å²) in [5, 5.41) is 17.7. The van der Waals surface area contributed by atoms with E-state index in [-0.39, 0.29) is 11.6 Å². The minimum atomic E-state index is -0.932. The zero-order valence-electron chi connectivity index (χ0n) is 12.9. The van der Waals surface area contributed by atoms with Crippen molar-refractivity contribution in [2.24, 2.45) is 0 Å². The second kappa shape index (κ2) is 6.43. The highest BCUT2D eigenvalue weighted by atomic mass is 19.1. The van der Waals surface area contributed by atoms with Gasteiger partial charge in [-0.05, 0) is 19.1 Å². The van der Waals surface area contributed by atoms with E-state index in [1.54, 1.807) is 13.0 Å². The van der Waals surface area contributed by atoms with Gasteiger partial charge in [-0.3, -0.25) is 14.9 Å². The number of benzene rings is 1.